The lowest BCUT2D eigenvalue weighted by Crippen LogP contribution is -2.60. The van der Waals surface area contributed by atoms with Crippen LogP contribution in [0.1, 0.15) is 28.4 Å². The van der Waals surface area contributed by atoms with Gasteiger partial charge in [-0.2, -0.15) is 0 Å². The van der Waals surface area contributed by atoms with E-state index in [1.54, 1.807) is 22.8 Å². The van der Waals surface area contributed by atoms with Crippen LogP contribution in [0.15, 0.2) is 47.3 Å². The van der Waals surface area contributed by atoms with Crippen LogP contribution in [0.4, 0.5) is 5.69 Å². The Bertz CT molecular complexity index is 1040. The number of para-hydroxylation sites is 1. The summed E-state index contributed by atoms with van der Waals surface area (Å²) < 4.78 is -0.0671. The summed E-state index contributed by atoms with van der Waals surface area (Å²) in [6.07, 6.45) is -0.0805. The first-order chi connectivity index (χ1) is 14.6. The molecular formula is C20H20Cl3N4O4-. The summed E-state index contributed by atoms with van der Waals surface area (Å²) in [6, 6.07) is 11.0. The van der Waals surface area contributed by atoms with Crippen LogP contribution in [0.5, 0.6) is 0 Å². The molecule has 0 saturated carbocycles. The van der Waals surface area contributed by atoms with Crippen LogP contribution in [0, 0.1) is 11.1 Å². The van der Waals surface area contributed by atoms with Crippen LogP contribution >= 0.6 is 34.8 Å². The number of fused-ring (bicyclic) bond motifs is 4. The maximum absolute atomic E-state index is 12.9. The lowest BCUT2D eigenvalue weighted by molar-refractivity contribution is 0.0586. The molecule has 1 amide bonds. The van der Waals surface area contributed by atoms with Crippen molar-refractivity contribution in [2.24, 2.45) is 5.92 Å². The van der Waals surface area contributed by atoms with Crippen molar-refractivity contribution in [1.82, 2.24) is 14.8 Å². The molecule has 166 valence electrons. The average molecular weight is 487 g/mol. The van der Waals surface area contributed by atoms with E-state index in [-0.39, 0.29) is 33.9 Å². The highest BCUT2D eigenvalue weighted by molar-refractivity contribution is 6.68. The second-order valence-corrected chi connectivity index (χ2v) is 10.2. The lowest BCUT2D eigenvalue weighted by atomic mass is 9.83. The molecule has 1 aromatic heterocycles. The summed E-state index contributed by atoms with van der Waals surface area (Å²) in [5.41, 5.74) is 0.630. The summed E-state index contributed by atoms with van der Waals surface area (Å²) in [7, 11) is 0. The molecule has 3 atom stereocenters. The Morgan fingerprint density at radius 2 is 1.90 bits per heavy atom. The molecule has 3 heterocycles. The molecule has 2 N–H and O–H groups in total. The lowest BCUT2D eigenvalue weighted by Gasteiger charge is -2.47. The van der Waals surface area contributed by atoms with Crippen molar-refractivity contribution in [3.8, 4) is 0 Å². The first-order valence-corrected chi connectivity index (χ1v) is 10.8. The highest BCUT2D eigenvalue weighted by atomic mass is 35.6. The number of carbonyl (C=O) groups is 1. The summed E-state index contributed by atoms with van der Waals surface area (Å²) >= 11 is 18.7. The van der Waals surface area contributed by atoms with Gasteiger partial charge in [0.05, 0.1) is 11.3 Å². The predicted octanol–water partition coefficient (Wildman–Crippen LogP) is 3.09. The first-order valence-electron chi connectivity index (χ1n) is 9.71. The molecule has 8 nitrogen and oxygen atoms in total. The van der Waals surface area contributed by atoms with E-state index in [1.807, 2.05) is 11.0 Å². The van der Waals surface area contributed by atoms with Crippen molar-refractivity contribution in [1.29, 1.82) is 0 Å². The minimum atomic E-state index is -1.86. The van der Waals surface area contributed by atoms with Crippen LogP contribution in [0.3, 0.4) is 0 Å². The van der Waals surface area contributed by atoms with Gasteiger partial charge in [-0.3, -0.25) is 19.7 Å². The number of halogens is 3. The zero-order chi connectivity index (χ0) is 22.3. The van der Waals surface area contributed by atoms with Crippen LogP contribution in [-0.2, 0) is 6.54 Å². The number of pyridine rings is 1. The van der Waals surface area contributed by atoms with Gasteiger partial charge in [-0.15, -0.1) is 0 Å². The van der Waals surface area contributed by atoms with Crippen LogP contribution in [-0.4, -0.2) is 43.6 Å². The second kappa shape index (κ2) is 8.61. The minimum absolute atomic E-state index is 0.0327. The molecule has 0 radical (unpaired) electrons. The fraction of sp³-hybridized carbons (Fsp3) is 0.400. The number of alkyl halides is 3. The van der Waals surface area contributed by atoms with Crippen LogP contribution in [0.2, 0.25) is 0 Å². The maximum atomic E-state index is 12.9. The maximum Gasteiger partial charge on any atom is 0.254 e. The SMILES string of the molecule is O=C(NC(N1C[C@@H]2C[C@H](C1)c1cccc(=O)n1C2)C(Cl)(Cl)Cl)c1ccccc1N([O-])O. The molecule has 2 aliphatic rings. The summed E-state index contributed by atoms with van der Waals surface area (Å²) in [5.74, 6) is -0.454. The van der Waals surface area contributed by atoms with Crippen LogP contribution in [0.25, 0.3) is 0 Å². The Balaban J connectivity index is 1.60. The summed E-state index contributed by atoms with van der Waals surface area (Å²) in [4.78, 5) is 27.1. The highest BCUT2D eigenvalue weighted by Crippen LogP contribution is 2.40. The third kappa shape index (κ3) is 4.55. The van der Waals surface area contributed by atoms with Crippen molar-refractivity contribution >= 4 is 46.4 Å². The molecule has 2 bridgehead atoms. The number of likely N-dealkylation sites (tertiary alicyclic amines) is 1. The van der Waals surface area contributed by atoms with E-state index in [2.05, 4.69) is 5.32 Å². The van der Waals surface area contributed by atoms with Gasteiger partial charge in [0.1, 0.15) is 6.17 Å². The number of nitrogens with one attached hydrogen (secondary N) is 1. The van der Waals surface area contributed by atoms with Gasteiger partial charge >= 0.3 is 0 Å². The van der Waals surface area contributed by atoms with Gasteiger partial charge in [-0.25, -0.2) is 0 Å². The van der Waals surface area contributed by atoms with Crippen molar-refractivity contribution in [3.63, 3.8) is 0 Å². The Kier molecular flexibility index (Phi) is 6.22. The number of amides is 1. The van der Waals surface area contributed by atoms with Gasteiger partial charge in [-0.05, 0) is 30.5 Å². The number of aromatic nitrogens is 1. The molecule has 2 aliphatic heterocycles. The Hall–Kier alpha value is -1.81. The summed E-state index contributed by atoms with van der Waals surface area (Å²) in [6.45, 7) is 1.56. The van der Waals surface area contributed by atoms with E-state index in [0.717, 1.165) is 12.1 Å². The molecule has 1 fully saturated rings. The molecule has 31 heavy (non-hydrogen) atoms. The van der Waals surface area contributed by atoms with E-state index >= 15 is 0 Å². The van der Waals surface area contributed by atoms with E-state index in [4.69, 9.17) is 34.8 Å². The number of benzene rings is 1. The zero-order valence-electron chi connectivity index (χ0n) is 16.2. The molecule has 0 spiro atoms. The Morgan fingerprint density at radius 1 is 1.16 bits per heavy atom. The number of carbonyl (C=O) groups excluding carboxylic acids is 1. The van der Waals surface area contributed by atoms with Gasteiger partial charge < -0.3 is 20.3 Å². The number of piperidine rings is 1. The van der Waals surface area contributed by atoms with Gasteiger partial charge in [-0.1, -0.05) is 53.0 Å². The van der Waals surface area contributed by atoms with E-state index in [0.29, 0.717) is 19.6 Å². The molecule has 4 rings (SSSR count). The molecule has 11 heteroatoms. The molecule has 0 aliphatic carbocycles. The normalized spacial score (nSPS) is 21.8. The number of hydrogen-bond donors (Lipinski definition) is 2. The predicted molar refractivity (Wildman–Crippen MR) is 119 cm³/mol. The Labute approximate surface area is 193 Å². The van der Waals surface area contributed by atoms with E-state index in [1.165, 1.54) is 18.2 Å². The van der Waals surface area contributed by atoms with Gasteiger partial charge in [0.25, 0.3) is 11.5 Å². The first kappa shape index (κ1) is 22.4. The van der Waals surface area contributed by atoms with Gasteiger partial charge in [0, 0.05) is 37.3 Å². The quantitative estimate of drug-likeness (QED) is 0.509. The molecular weight excluding hydrogens is 467 g/mol. The molecule has 1 unspecified atom stereocenters. The number of nitrogens with zero attached hydrogens (tertiary/aromatic N) is 3. The average Bonchev–Trinajstić information content (AvgIpc) is 2.71. The third-order valence-electron chi connectivity index (χ3n) is 5.81. The van der Waals surface area contributed by atoms with Crippen molar-refractivity contribution in [2.75, 3.05) is 18.3 Å². The highest BCUT2D eigenvalue weighted by Gasteiger charge is 2.44. The Morgan fingerprint density at radius 3 is 2.61 bits per heavy atom. The van der Waals surface area contributed by atoms with E-state index < -0.39 is 15.9 Å². The number of anilines is 1. The molecule has 1 saturated heterocycles. The van der Waals surface area contributed by atoms with Gasteiger partial charge in [0.2, 0.25) is 3.79 Å². The van der Waals surface area contributed by atoms with Crippen molar-refractivity contribution < 1.29 is 10.0 Å². The van der Waals surface area contributed by atoms with Crippen LogP contribution < -0.4 is 16.1 Å². The monoisotopic (exact) mass is 485 g/mol. The summed E-state index contributed by atoms with van der Waals surface area (Å²) in [5, 5.41) is 23.0. The smallest absolute Gasteiger partial charge is 0.254 e. The largest absolute Gasteiger partial charge is 0.733 e. The fourth-order valence-electron chi connectivity index (χ4n) is 4.56. The zero-order valence-corrected chi connectivity index (χ0v) is 18.5. The number of hydrogen-bond acceptors (Lipinski definition) is 6. The third-order valence-corrected chi connectivity index (χ3v) is 6.43. The standard InChI is InChI=1S/C20H20Cl3N4O4/c21-20(22,23)19(24-18(29)14-4-1-2-5-16(14)27(30)31)25-9-12-8-13(11-25)15-6-3-7-17(28)26(15)10-12/h1-7,12-13,19,30H,8-11H2,(H,24,29)/q-1/t12-,13+,19?/m0/s1. The topological polar surface area (TPSA) is 101 Å². The van der Waals surface area contributed by atoms with Gasteiger partial charge in [0.15, 0.2) is 0 Å². The van der Waals surface area contributed by atoms with Crippen molar-refractivity contribution in [2.45, 2.75) is 28.8 Å². The second-order valence-electron chi connectivity index (χ2n) is 7.86. The van der Waals surface area contributed by atoms with E-state index in [9.17, 15) is 20.0 Å². The minimum Gasteiger partial charge on any atom is -0.733 e. The molecule has 1 aromatic carbocycles. The number of rotatable bonds is 4. The fourth-order valence-corrected chi connectivity index (χ4v) is 5.14. The van der Waals surface area contributed by atoms with Crippen molar-refractivity contribution in [3.05, 3.63) is 69.3 Å². The molecule has 2 aromatic rings.